The van der Waals surface area contributed by atoms with Crippen LogP contribution in [0.25, 0.3) is 89.8 Å². The van der Waals surface area contributed by atoms with E-state index in [0.717, 1.165) is 50.1 Å². The summed E-state index contributed by atoms with van der Waals surface area (Å²) in [6.07, 6.45) is 0. The van der Waals surface area contributed by atoms with Gasteiger partial charge in [-0.15, -0.1) is 0 Å². The highest BCUT2D eigenvalue weighted by Crippen LogP contribution is 2.35. The maximum absolute atomic E-state index is 5.13. The molecule has 0 amide bonds. The summed E-state index contributed by atoms with van der Waals surface area (Å²) in [5.74, 6) is 1.88. The average Bonchev–Trinajstić information content (AvgIpc) is 3.27. The molecule has 9 aromatic rings. The van der Waals surface area contributed by atoms with Gasteiger partial charge < -0.3 is 0 Å². The van der Waals surface area contributed by atoms with Crippen LogP contribution in [0.3, 0.4) is 0 Å². The van der Waals surface area contributed by atoms with Crippen LogP contribution in [0, 0.1) is 0 Å². The predicted octanol–water partition coefficient (Wildman–Crippen LogP) is 13.2. The topological polar surface area (TPSA) is 38.7 Å². The van der Waals surface area contributed by atoms with Crippen LogP contribution in [0.1, 0.15) is 0 Å². The lowest BCUT2D eigenvalue weighted by molar-refractivity contribution is 1.07. The van der Waals surface area contributed by atoms with Crippen molar-refractivity contribution in [3.8, 4) is 89.8 Å². The largest absolute Gasteiger partial charge is 0.208 e. The molecule has 0 saturated carbocycles. The van der Waals surface area contributed by atoms with E-state index in [0.29, 0.717) is 17.5 Å². The van der Waals surface area contributed by atoms with Gasteiger partial charge in [0.1, 0.15) is 0 Å². The standard InChI is InChI=1S/C51H35N3/c1-4-15-36(16-5-1)41-21-12-22-42(33-41)38-29-31-40(32-30-38)49-52-50(45-25-13-23-43(34-45)37-17-6-2-7-18-37)54-51(53-49)46-26-14-24-44(35-46)48-28-11-10-27-47(48)39-19-8-3-9-20-39/h1-35H. The van der Waals surface area contributed by atoms with E-state index in [1.807, 2.05) is 12.1 Å². The lowest BCUT2D eigenvalue weighted by atomic mass is 9.93. The summed E-state index contributed by atoms with van der Waals surface area (Å²) in [7, 11) is 0. The first kappa shape index (κ1) is 32.7. The van der Waals surface area contributed by atoms with Gasteiger partial charge in [-0.2, -0.15) is 0 Å². The molecule has 1 aromatic heterocycles. The van der Waals surface area contributed by atoms with E-state index in [9.17, 15) is 0 Å². The number of aromatic nitrogens is 3. The molecule has 0 aliphatic rings. The molecule has 0 aliphatic heterocycles. The SMILES string of the molecule is c1ccc(-c2cccc(-c3ccc(-c4nc(-c5cccc(-c6ccccc6)c5)nc(-c5cccc(-c6ccccc6-c6ccccc6)c5)n4)cc3)c2)cc1. The zero-order valence-corrected chi connectivity index (χ0v) is 29.5. The molecular weight excluding hydrogens is 655 g/mol. The van der Waals surface area contributed by atoms with Crippen molar-refractivity contribution in [2.45, 2.75) is 0 Å². The molecular formula is C51H35N3. The van der Waals surface area contributed by atoms with Crippen molar-refractivity contribution in [1.29, 1.82) is 0 Å². The second kappa shape index (κ2) is 14.8. The number of benzene rings is 8. The van der Waals surface area contributed by atoms with Crippen molar-refractivity contribution < 1.29 is 0 Å². The number of hydrogen-bond acceptors (Lipinski definition) is 3. The van der Waals surface area contributed by atoms with Gasteiger partial charge in [-0.3, -0.25) is 0 Å². The average molecular weight is 690 g/mol. The highest BCUT2D eigenvalue weighted by Gasteiger charge is 2.15. The molecule has 8 aromatic carbocycles. The first-order chi connectivity index (χ1) is 26.7. The summed E-state index contributed by atoms with van der Waals surface area (Å²) >= 11 is 0. The van der Waals surface area contributed by atoms with Crippen LogP contribution in [0.5, 0.6) is 0 Å². The third-order valence-corrected chi connectivity index (χ3v) is 9.75. The summed E-state index contributed by atoms with van der Waals surface area (Å²) in [6, 6.07) is 74.1. The van der Waals surface area contributed by atoms with Gasteiger partial charge in [0, 0.05) is 16.7 Å². The van der Waals surface area contributed by atoms with Gasteiger partial charge in [0.25, 0.3) is 0 Å². The molecule has 3 heteroatoms. The normalized spacial score (nSPS) is 11.0. The minimum atomic E-state index is 0.624. The fraction of sp³-hybridized carbons (Fsp3) is 0. The zero-order chi connectivity index (χ0) is 36.1. The Kier molecular flexibility index (Phi) is 8.94. The second-order valence-electron chi connectivity index (χ2n) is 13.3. The Morgan fingerprint density at radius 3 is 0.981 bits per heavy atom. The van der Waals surface area contributed by atoms with E-state index in [4.69, 9.17) is 15.0 Å². The van der Waals surface area contributed by atoms with Gasteiger partial charge in [-0.25, -0.2) is 15.0 Å². The van der Waals surface area contributed by atoms with E-state index < -0.39 is 0 Å². The fourth-order valence-corrected chi connectivity index (χ4v) is 6.98. The summed E-state index contributed by atoms with van der Waals surface area (Å²) in [6.45, 7) is 0. The Labute approximate surface area is 316 Å². The summed E-state index contributed by atoms with van der Waals surface area (Å²) in [4.78, 5) is 15.4. The summed E-state index contributed by atoms with van der Waals surface area (Å²) in [5.41, 5.74) is 14.3. The van der Waals surface area contributed by atoms with Gasteiger partial charge in [-0.1, -0.05) is 194 Å². The van der Waals surface area contributed by atoms with Crippen molar-refractivity contribution in [2.24, 2.45) is 0 Å². The van der Waals surface area contributed by atoms with Crippen LogP contribution in [-0.4, -0.2) is 15.0 Å². The van der Waals surface area contributed by atoms with Crippen molar-refractivity contribution in [2.75, 3.05) is 0 Å². The van der Waals surface area contributed by atoms with E-state index in [1.165, 1.54) is 22.3 Å². The number of nitrogens with zero attached hydrogens (tertiary/aromatic N) is 3. The smallest absolute Gasteiger partial charge is 0.164 e. The van der Waals surface area contributed by atoms with Crippen LogP contribution in [0.4, 0.5) is 0 Å². The fourth-order valence-electron chi connectivity index (χ4n) is 6.98. The summed E-state index contributed by atoms with van der Waals surface area (Å²) < 4.78 is 0. The van der Waals surface area contributed by atoms with Crippen LogP contribution >= 0.6 is 0 Å². The quantitative estimate of drug-likeness (QED) is 0.159. The molecule has 254 valence electrons. The Bertz CT molecular complexity index is 2690. The van der Waals surface area contributed by atoms with E-state index in [2.05, 4.69) is 200 Å². The molecule has 0 saturated heterocycles. The van der Waals surface area contributed by atoms with Gasteiger partial charge in [0.05, 0.1) is 0 Å². The molecule has 0 spiro atoms. The van der Waals surface area contributed by atoms with Crippen molar-refractivity contribution >= 4 is 0 Å². The lowest BCUT2D eigenvalue weighted by Crippen LogP contribution is -2.00. The maximum Gasteiger partial charge on any atom is 0.164 e. The Morgan fingerprint density at radius 1 is 0.185 bits per heavy atom. The highest BCUT2D eigenvalue weighted by atomic mass is 15.0. The first-order valence-corrected chi connectivity index (χ1v) is 18.2. The lowest BCUT2D eigenvalue weighted by Gasteiger charge is -2.13. The molecule has 0 fully saturated rings. The van der Waals surface area contributed by atoms with Crippen LogP contribution < -0.4 is 0 Å². The van der Waals surface area contributed by atoms with Crippen molar-refractivity contribution in [3.63, 3.8) is 0 Å². The molecule has 54 heavy (non-hydrogen) atoms. The van der Waals surface area contributed by atoms with Crippen LogP contribution in [-0.2, 0) is 0 Å². The van der Waals surface area contributed by atoms with Gasteiger partial charge in [-0.05, 0) is 73.8 Å². The predicted molar refractivity (Wildman–Crippen MR) is 223 cm³/mol. The highest BCUT2D eigenvalue weighted by molar-refractivity contribution is 5.85. The number of rotatable bonds is 8. The minimum absolute atomic E-state index is 0.624. The summed E-state index contributed by atoms with van der Waals surface area (Å²) in [5, 5.41) is 0. The molecule has 0 radical (unpaired) electrons. The Balaban J connectivity index is 1.13. The molecule has 0 aliphatic carbocycles. The van der Waals surface area contributed by atoms with Crippen LogP contribution in [0.15, 0.2) is 212 Å². The maximum atomic E-state index is 5.13. The zero-order valence-electron chi connectivity index (χ0n) is 29.5. The van der Waals surface area contributed by atoms with Gasteiger partial charge in [0.15, 0.2) is 17.5 Å². The molecule has 0 N–H and O–H groups in total. The molecule has 3 nitrogen and oxygen atoms in total. The minimum Gasteiger partial charge on any atom is -0.208 e. The van der Waals surface area contributed by atoms with E-state index in [1.54, 1.807) is 0 Å². The number of hydrogen-bond donors (Lipinski definition) is 0. The molecule has 0 bridgehead atoms. The van der Waals surface area contributed by atoms with Crippen molar-refractivity contribution in [3.05, 3.63) is 212 Å². The van der Waals surface area contributed by atoms with Crippen molar-refractivity contribution in [1.82, 2.24) is 15.0 Å². The van der Waals surface area contributed by atoms with Gasteiger partial charge in [0.2, 0.25) is 0 Å². The van der Waals surface area contributed by atoms with Gasteiger partial charge >= 0.3 is 0 Å². The van der Waals surface area contributed by atoms with Crippen LogP contribution in [0.2, 0.25) is 0 Å². The molecule has 9 rings (SSSR count). The first-order valence-electron chi connectivity index (χ1n) is 18.2. The third kappa shape index (κ3) is 6.87. The molecule has 1 heterocycles. The van der Waals surface area contributed by atoms with E-state index >= 15 is 0 Å². The monoisotopic (exact) mass is 689 g/mol. The Hall–Kier alpha value is -7.23. The second-order valence-corrected chi connectivity index (χ2v) is 13.3. The third-order valence-electron chi connectivity index (χ3n) is 9.75. The molecule has 0 unspecified atom stereocenters. The Morgan fingerprint density at radius 2 is 0.481 bits per heavy atom. The molecule has 0 atom stereocenters. The van der Waals surface area contributed by atoms with E-state index in [-0.39, 0.29) is 0 Å².